The van der Waals surface area contributed by atoms with Gasteiger partial charge >= 0.3 is 0 Å². The van der Waals surface area contributed by atoms with Crippen molar-refractivity contribution in [1.29, 1.82) is 0 Å². The molecular formula is C16H15Cl4N. The standard InChI is InChI=1S/C16H15Cl4N/c1-2-7-21-16(12-5-3-10(17)8-14(12)19)13-6-4-11(18)9-15(13)20/h3-6,8-9,16,21H,2,7H2,1H3. The Morgan fingerprint density at radius 3 is 1.71 bits per heavy atom. The second-order valence-corrected chi connectivity index (χ2v) is 6.41. The summed E-state index contributed by atoms with van der Waals surface area (Å²) >= 11 is 24.6. The fourth-order valence-corrected chi connectivity index (χ4v) is 3.18. The molecular weight excluding hydrogens is 348 g/mol. The lowest BCUT2D eigenvalue weighted by Gasteiger charge is -2.22. The van der Waals surface area contributed by atoms with Gasteiger partial charge in [-0.1, -0.05) is 65.5 Å². The first-order valence-electron chi connectivity index (χ1n) is 6.66. The van der Waals surface area contributed by atoms with E-state index in [1.165, 1.54) is 0 Å². The maximum atomic E-state index is 6.34. The molecule has 2 aromatic carbocycles. The molecule has 0 amide bonds. The summed E-state index contributed by atoms with van der Waals surface area (Å²) in [6.07, 6.45) is 1.01. The van der Waals surface area contributed by atoms with Crippen LogP contribution in [-0.4, -0.2) is 6.54 Å². The molecule has 0 aliphatic carbocycles. The number of benzene rings is 2. The maximum absolute atomic E-state index is 6.34. The molecule has 0 unspecified atom stereocenters. The fraction of sp³-hybridized carbons (Fsp3) is 0.250. The molecule has 112 valence electrons. The molecule has 0 spiro atoms. The Labute approximate surface area is 145 Å². The van der Waals surface area contributed by atoms with Crippen molar-refractivity contribution >= 4 is 46.4 Å². The normalized spacial score (nSPS) is 11.1. The molecule has 21 heavy (non-hydrogen) atoms. The second kappa shape index (κ2) is 7.71. The molecule has 5 heteroatoms. The highest BCUT2D eigenvalue weighted by Gasteiger charge is 2.19. The van der Waals surface area contributed by atoms with E-state index in [1.807, 2.05) is 24.3 Å². The Balaban J connectivity index is 2.46. The first kappa shape index (κ1) is 16.9. The van der Waals surface area contributed by atoms with E-state index in [-0.39, 0.29) is 6.04 Å². The smallest absolute Gasteiger partial charge is 0.0606 e. The summed E-state index contributed by atoms with van der Waals surface area (Å²) in [6, 6.07) is 10.9. The van der Waals surface area contributed by atoms with Gasteiger partial charge in [0.05, 0.1) is 6.04 Å². The molecule has 0 fully saturated rings. The zero-order valence-electron chi connectivity index (χ0n) is 11.5. The van der Waals surface area contributed by atoms with Crippen LogP contribution in [0.5, 0.6) is 0 Å². The summed E-state index contributed by atoms with van der Waals surface area (Å²) in [6.45, 7) is 2.96. The highest BCUT2D eigenvalue weighted by Crippen LogP contribution is 2.34. The van der Waals surface area contributed by atoms with Gasteiger partial charge in [0.15, 0.2) is 0 Å². The van der Waals surface area contributed by atoms with Gasteiger partial charge < -0.3 is 5.32 Å². The molecule has 0 aromatic heterocycles. The van der Waals surface area contributed by atoms with Gasteiger partial charge in [0.2, 0.25) is 0 Å². The molecule has 0 bridgehead atoms. The van der Waals surface area contributed by atoms with Gasteiger partial charge in [-0.25, -0.2) is 0 Å². The minimum atomic E-state index is -0.0977. The van der Waals surface area contributed by atoms with Crippen molar-refractivity contribution in [3.8, 4) is 0 Å². The average molecular weight is 363 g/mol. The number of rotatable bonds is 5. The summed E-state index contributed by atoms with van der Waals surface area (Å²) in [4.78, 5) is 0. The molecule has 0 heterocycles. The molecule has 0 aliphatic rings. The lowest BCUT2D eigenvalue weighted by atomic mass is 9.98. The van der Waals surface area contributed by atoms with E-state index in [0.717, 1.165) is 24.1 Å². The molecule has 0 saturated carbocycles. The van der Waals surface area contributed by atoms with Gasteiger partial charge in [0, 0.05) is 20.1 Å². The molecule has 1 nitrogen and oxygen atoms in total. The second-order valence-electron chi connectivity index (χ2n) is 4.72. The van der Waals surface area contributed by atoms with Crippen LogP contribution in [0, 0.1) is 0 Å². The number of nitrogens with one attached hydrogen (secondary N) is 1. The number of halogens is 4. The van der Waals surface area contributed by atoms with Gasteiger partial charge in [-0.2, -0.15) is 0 Å². The van der Waals surface area contributed by atoms with E-state index in [0.29, 0.717) is 20.1 Å². The van der Waals surface area contributed by atoms with Crippen LogP contribution in [0.3, 0.4) is 0 Å². The minimum absolute atomic E-state index is 0.0977. The Kier molecular flexibility index (Phi) is 6.21. The largest absolute Gasteiger partial charge is 0.306 e. The van der Waals surface area contributed by atoms with Crippen molar-refractivity contribution in [1.82, 2.24) is 5.32 Å². The third-order valence-electron chi connectivity index (χ3n) is 3.15. The van der Waals surface area contributed by atoms with Gasteiger partial charge in [-0.3, -0.25) is 0 Å². The van der Waals surface area contributed by atoms with E-state index in [9.17, 15) is 0 Å². The highest BCUT2D eigenvalue weighted by molar-refractivity contribution is 6.36. The minimum Gasteiger partial charge on any atom is -0.306 e. The SMILES string of the molecule is CCCNC(c1ccc(Cl)cc1Cl)c1ccc(Cl)cc1Cl. The molecule has 0 saturated heterocycles. The molecule has 2 aromatic rings. The maximum Gasteiger partial charge on any atom is 0.0606 e. The number of hydrogen-bond acceptors (Lipinski definition) is 1. The molecule has 0 atom stereocenters. The third kappa shape index (κ3) is 4.28. The molecule has 0 radical (unpaired) electrons. The Hall–Kier alpha value is -0.440. The summed E-state index contributed by atoms with van der Waals surface area (Å²) in [5.41, 5.74) is 1.89. The third-order valence-corrected chi connectivity index (χ3v) is 4.27. The fourth-order valence-electron chi connectivity index (χ4n) is 2.15. The summed E-state index contributed by atoms with van der Waals surface area (Å²) in [5.74, 6) is 0. The first-order chi connectivity index (χ1) is 10.0. The summed E-state index contributed by atoms with van der Waals surface area (Å²) in [7, 11) is 0. The quantitative estimate of drug-likeness (QED) is 0.649. The van der Waals surface area contributed by atoms with E-state index in [1.54, 1.807) is 12.1 Å². The van der Waals surface area contributed by atoms with Crippen molar-refractivity contribution in [3.63, 3.8) is 0 Å². The van der Waals surface area contributed by atoms with E-state index >= 15 is 0 Å². The van der Waals surface area contributed by atoms with Crippen LogP contribution in [0.15, 0.2) is 36.4 Å². The van der Waals surface area contributed by atoms with E-state index in [2.05, 4.69) is 12.2 Å². The zero-order valence-corrected chi connectivity index (χ0v) is 14.5. The van der Waals surface area contributed by atoms with Gasteiger partial charge in [-0.05, 0) is 48.4 Å². The van der Waals surface area contributed by atoms with E-state index < -0.39 is 0 Å². The van der Waals surface area contributed by atoms with Crippen LogP contribution in [0.2, 0.25) is 20.1 Å². The Morgan fingerprint density at radius 2 is 1.33 bits per heavy atom. The zero-order chi connectivity index (χ0) is 15.4. The Morgan fingerprint density at radius 1 is 0.857 bits per heavy atom. The van der Waals surface area contributed by atoms with Crippen LogP contribution in [-0.2, 0) is 0 Å². The molecule has 0 aliphatic heterocycles. The molecule has 1 N–H and O–H groups in total. The summed E-state index contributed by atoms with van der Waals surface area (Å²) < 4.78 is 0. The predicted octanol–water partition coefficient (Wildman–Crippen LogP) is 6.39. The lowest BCUT2D eigenvalue weighted by Crippen LogP contribution is -2.23. The van der Waals surface area contributed by atoms with Gasteiger partial charge in [-0.15, -0.1) is 0 Å². The lowest BCUT2D eigenvalue weighted by molar-refractivity contribution is 0.599. The first-order valence-corrected chi connectivity index (χ1v) is 8.17. The van der Waals surface area contributed by atoms with E-state index in [4.69, 9.17) is 46.4 Å². The van der Waals surface area contributed by atoms with Crippen LogP contribution in [0.25, 0.3) is 0 Å². The van der Waals surface area contributed by atoms with Crippen molar-refractivity contribution in [2.24, 2.45) is 0 Å². The van der Waals surface area contributed by atoms with Crippen LogP contribution < -0.4 is 5.32 Å². The van der Waals surface area contributed by atoms with Crippen LogP contribution in [0.1, 0.15) is 30.5 Å². The van der Waals surface area contributed by atoms with Gasteiger partial charge in [0.1, 0.15) is 0 Å². The summed E-state index contributed by atoms with van der Waals surface area (Å²) in [5, 5.41) is 5.92. The monoisotopic (exact) mass is 361 g/mol. The average Bonchev–Trinajstić information content (AvgIpc) is 2.42. The molecule has 2 rings (SSSR count). The van der Waals surface area contributed by atoms with Crippen molar-refractivity contribution < 1.29 is 0 Å². The van der Waals surface area contributed by atoms with Crippen molar-refractivity contribution in [2.45, 2.75) is 19.4 Å². The highest BCUT2D eigenvalue weighted by atomic mass is 35.5. The van der Waals surface area contributed by atoms with Crippen LogP contribution >= 0.6 is 46.4 Å². The van der Waals surface area contributed by atoms with Crippen molar-refractivity contribution in [3.05, 3.63) is 67.6 Å². The Bertz CT molecular complexity index is 576. The van der Waals surface area contributed by atoms with Crippen LogP contribution in [0.4, 0.5) is 0 Å². The predicted molar refractivity (Wildman–Crippen MR) is 93.1 cm³/mol. The topological polar surface area (TPSA) is 12.0 Å². The van der Waals surface area contributed by atoms with Crippen molar-refractivity contribution in [2.75, 3.05) is 6.54 Å². The van der Waals surface area contributed by atoms with Gasteiger partial charge in [0.25, 0.3) is 0 Å². The number of hydrogen-bond donors (Lipinski definition) is 1.